The lowest BCUT2D eigenvalue weighted by Gasteiger charge is -2.55. The fraction of sp³-hybridized carbons (Fsp3) is 0.833. The van der Waals surface area contributed by atoms with Crippen LogP contribution in [0.3, 0.4) is 0 Å². The largest absolute Gasteiger partial charge is 0.460 e. The molecule has 0 spiro atoms. The molecule has 4 aliphatic carbocycles. The van der Waals surface area contributed by atoms with Gasteiger partial charge in [-0.25, -0.2) is 4.79 Å². The summed E-state index contributed by atoms with van der Waals surface area (Å²) in [6.07, 6.45) is 6.44. The Morgan fingerprint density at radius 3 is 2.04 bits per heavy atom. The van der Waals surface area contributed by atoms with Gasteiger partial charge in [0.1, 0.15) is 6.54 Å². The van der Waals surface area contributed by atoms with Crippen molar-refractivity contribution >= 4 is 17.8 Å². The molecule has 0 radical (unpaired) electrons. The molecule has 0 aromatic heterocycles. The Kier molecular flexibility index (Phi) is 4.83. The number of nitrogens with one attached hydrogen (secondary N) is 1. The summed E-state index contributed by atoms with van der Waals surface area (Å²) in [6, 6.07) is 0. The normalized spacial score (nSPS) is 33.4. The third-order valence-corrected chi connectivity index (χ3v) is 5.63. The number of rotatable bonds is 6. The predicted octanol–water partition coefficient (Wildman–Crippen LogP) is 1.81. The van der Waals surface area contributed by atoms with Gasteiger partial charge in [0, 0.05) is 5.41 Å². The third kappa shape index (κ3) is 3.73. The zero-order chi connectivity index (χ0) is 17.3. The summed E-state index contributed by atoms with van der Waals surface area (Å²) in [5, 5.41) is 2.74. The molecular formula is C18H27NO5. The topological polar surface area (TPSA) is 81.7 Å². The lowest BCUT2D eigenvalue weighted by molar-refractivity contribution is -0.161. The van der Waals surface area contributed by atoms with Crippen LogP contribution in [-0.2, 0) is 23.9 Å². The molecule has 0 saturated heterocycles. The second kappa shape index (κ2) is 6.73. The van der Waals surface area contributed by atoms with Gasteiger partial charge in [0.05, 0.1) is 6.10 Å². The summed E-state index contributed by atoms with van der Waals surface area (Å²) in [5.41, 5.74) is -0.272. The molecular weight excluding hydrogens is 310 g/mol. The minimum absolute atomic E-state index is 0.0108. The van der Waals surface area contributed by atoms with E-state index in [-0.39, 0.29) is 24.0 Å². The zero-order valence-corrected chi connectivity index (χ0v) is 14.5. The fourth-order valence-corrected chi connectivity index (χ4v) is 5.22. The van der Waals surface area contributed by atoms with Crippen LogP contribution >= 0.6 is 0 Å². The van der Waals surface area contributed by atoms with Crippen molar-refractivity contribution in [3.63, 3.8) is 0 Å². The van der Waals surface area contributed by atoms with Gasteiger partial charge < -0.3 is 14.8 Å². The summed E-state index contributed by atoms with van der Waals surface area (Å²) < 4.78 is 9.73. The van der Waals surface area contributed by atoms with E-state index in [1.54, 1.807) is 13.8 Å². The van der Waals surface area contributed by atoms with Gasteiger partial charge in [0.15, 0.2) is 6.61 Å². The molecule has 4 saturated carbocycles. The maximum atomic E-state index is 12.7. The highest BCUT2D eigenvalue weighted by molar-refractivity contribution is 5.87. The molecule has 4 aliphatic rings. The van der Waals surface area contributed by atoms with Crippen LogP contribution < -0.4 is 5.32 Å². The maximum Gasteiger partial charge on any atom is 0.344 e. The maximum absolute atomic E-state index is 12.7. The Morgan fingerprint density at radius 1 is 1.00 bits per heavy atom. The smallest absolute Gasteiger partial charge is 0.344 e. The number of amides is 1. The first-order valence-corrected chi connectivity index (χ1v) is 9.00. The molecule has 1 amide bonds. The minimum atomic E-state index is -0.603. The van der Waals surface area contributed by atoms with Gasteiger partial charge in [-0.2, -0.15) is 0 Å². The second-order valence-corrected chi connectivity index (χ2v) is 8.08. The molecule has 0 aromatic rings. The van der Waals surface area contributed by atoms with Crippen molar-refractivity contribution in [2.45, 2.75) is 58.5 Å². The Balaban J connectivity index is 1.44. The van der Waals surface area contributed by atoms with Crippen molar-refractivity contribution in [3.8, 4) is 0 Å². The average molecular weight is 337 g/mol. The Morgan fingerprint density at radius 2 is 1.54 bits per heavy atom. The van der Waals surface area contributed by atoms with Crippen LogP contribution in [0.15, 0.2) is 0 Å². The summed E-state index contributed by atoms with van der Waals surface area (Å²) in [7, 11) is 0. The van der Waals surface area contributed by atoms with Crippen LogP contribution in [0.2, 0.25) is 0 Å². The van der Waals surface area contributed by atoms with Crippen molar-refractivity contribution in [3.05, 3.63) is 0 Å². The van der Waals surface area contributed by atoms with E-state index in [4.69, 9.17) is 9.47 Å². The van der Waals surface area contributed by atoms with Gasteiger partial charge in [-0.05, 0) is 70.1 Å². The molecule has 4 rings (SSSR count). The third-order valence-electron chi connectivity index (χ3n) is 5.63. The molecule has 0 aromatic carbocycles. The van der Waals surface area contributed by atoms with Crippen molar-refractivity contribution < 1.29 is 23.9 Å². The fourth-order valence-electron chi connectivity index (χ4n) is 5.22. The minimum Gasteiger partial charge on any atom is -0.460 e. The number of hydrogen-bond donors (Lipinski definition) is 1. The highest BCUT2D eigenvalue weighted by atomic mass is 16.6. The lowest BCUT2D eigenvalue weighted by atomic mass is 9.49. The van der Waals surface area contributed by atoms with Gasteiger partial charge in [-0.1, -0.05) is 0 Å². The molecule has 134 valence electrons. The van der Waals surface area contributed by atoms with Crippen LogP contribution in [0.1, 0.15) is 52.4 Å². The number of carbonyl (C=O) groups excluding carboxylic acids is 3. The van der Waals surface area contributed by atoms with Gasteiger partial charge >= 0.3 is 11.9 Å². The molecule has 6 heteroatoms. The average Bonchev–Trinajstić information content (AvgIpc) is 2.48. The van der Waals surface area contributed by atoms with E-state index in [0.717, 1.165) is 19.3 Å². The van der Waals surface area contributed by atoms with Crippen molar-refractivity contribution in [2.75, 3.05) is 13.2 Å². The molecule has 4 bridgehead atoms. The molecule has 0 atom stereocenters. The molecule has 0 heterocycles. The Hall–Kier alpha value is -1.59. The van der Waals surface area contributed by atoms with Crippen molar-refractivity contribution in [1.29, 1.82) is 0 Å². The van der Waals surface area contributed by atoms with Gasteiger partial charge in [0.2, 0.25) is 5.91 Å². The highest BCUT2D eigenvalue weighted by Crippen LogP contribution is 2.60. The van der Waals surface area contributed by atoms with E-state index in [1.807, 2.05) is 0 Å². The van der Waals surface area contributed by atoms with Crippen molar-refractivity contribution in [2.24, 2.45) is 23.2 Å². The molecule has 6 nitrogen and oxygen atoms in total. The summed E-state index contributed by atoms with van der Waals surface area (Å²) in [6.45, 7) is 2.86. The summed E-state index contributed by atoms with van der Waals surface area (Å²) in [5.74, 6) is 0.849. The van der Waals surface area contributed by atoms with Gasteiger partial charge in [-0.3, -0.25) is 9.59 Å². The van der Waals surface area contributed by atoms with E-state index in [0.29, 0.717) is 17.8 Å². The second-order valence-electron chi connectivity index (χ2n) is 8.08. The van der Waals surface area contributed by atoms with E-state index in [2.05, 4.69) is 5.32 Å². The van der Waals surface area contributed by atoms with E-state index in [9.17, 15) is 14.4 Å². The lowest BCUT2D eigenvalue weighted by Crippen LogP contribution is -2.54. The molecule has 0 aliphatic heterocycles. The zero-order valence-electron chi connectivity index (χ0n) is 14.5. The number of hydrogen-bond acceptors (Lipinski definition) is 5. The first-order chi connectivity index (χ1) is 11.4. The van der Waals surface area contributed by atoms with Crippen LogP contribution in [0.25, 0.3) is 0 Å². The van der Waals surface area contributed by atoms with E-state index >= 15 is 0 Å². The standard InChI is InChI=1S/C18H27NO5/c1-11(2)24-16(21)10-23-15(20)9-19-17(22)18-6-12-3-13(7-18)5-14(4-12)8-18/h11-14H,3-10H2,1-2H3,(H,19,22). The first-order valence-electron chi connectivity index (χ1n) is 9.00. The number of ether oxygens (including phenoxy) is 2. The van der Waals surface area contributed by atoms with Crippen LogP contribution in [0.5, 0.6) is 0 Å². The Labute approximate surface area is 142 Å². The Bertz CT molecular complexity index is 492. The number of carbonyl (C=O) groups is 3. The van der Waals surface area contributed by atoms with Crippen molar-refractivity contribution in [1.82, 2.24) is 5.32 Å². The van der Waals surface area contributed by atoms with Crippen LogP contribution in [0, 0.1) is 23.2 Å². The van der Waals surface area contributed by atoms with E-state index in [1.165, 1.54) is 19.3 Å². The molecule has 0 unspecified atom stereocenters. The first kappa shape index (κ1) is 17.2. The molecule has 4 fully saturated rings. The quantitative estimate of drug-likeness (QED) is 0.748. The number of esters is 2. The monoisotopic (exact) mass is 337 g/mol. The summed E-state index contributed by atoms with van der Waals surface area (Å²) in [4.78, 5) is 35.7. The summed E-state index contributed by atoms with van der Waals surface area (Å²) >= 11 is 0. The highest BCUT2D eigenvalue weighted by Gasteiger charge is 2.54. The van der Waals surface area contributed by atoms with Gasteiger partial charge in [0.25, 0.3) is 0 Å². The molecule has 24 heavy (non-hydrogen) atoms. The van der Waals surface area contributed by atoms with E-state index < -0.39 is 18.5 Å². The predicted molar refractivity (Wildman–Crippen MR) is 85.8 cm³/mol. The molecule has 1 N–H and O–H groups in total. The van der Waals surface area contributed by atoms with Gasteiger partial charge in [-0.15, -0.1) is 0 Å². The SMILES string of the molecule is CC(C)OC(=O)COC(=O)CNC(=O)C12CC3CC(CC(C3)C1)C2. The van der Waals surface area contributed by atoms with Crippen LogP contribution in [-0.4, -0.2) is 37.1 Å². The van der Waals surface area contributed by atoms with Crippen LogP contribution in [0.4, 0.5) is 0 Å².